The third-order valence-electron chi connectivity index (χ3n) is 5.50. The zero-order valence-corrected chi connectivity index (χ0v) is 16.0. The minimum Gasteiger partial charge on any atom is -0.500 e. The van der Waals surface area contributed by atoms with E-state index >= 15 is 0 Å². The topological polar surface area (TPSA) is 56.5 Å². The average Bonchev–Trinajstić information content (AvgIpc) is 2.67. The van der Waals surface area contributed by atoms with Gasteiger partial charge in [0.15, 0.2) is 11.2 Å². The number of benzene rings is 1. The number of hydrogen-bond donors (Lipinski definition) is 0. The Hall–Kier alpha value is -2.69. The van der Waals surface area contributed by atoms with E-state index in [4.69, 9.17) is 9.15 Å². The monoisotopic (exact) mass is 370 g/mol. The molecule has 0 saturated carbocycles. The minimum atomic E-state index is -0.732. The van der Waals surface area contributed by atoms with Gasteiger partial charge in [0.2, 0.25) is 0 Å². The molecular weight excluding hydrogens is 347 g/mol. The maximum absolute atomic E-state index is 14.3. The molecular formula is C22H23FO4. The number of allylic oxidation sites excluding steroid dienone is 2. The van der Waals surface area contributed by atoms with Crippen molar-refractivity contribution in [3.8, 4) is 11.3 Å². The van der Waals surface area contributed by atoms with E-state index in [0.717, 1.165) is 0 Å². The Balaban J connectivity index is 2.39. The maximum Gasteiger partial charge on any atom is 0.199 e. The highest BCUT2D eigenvalue weighted by Crippen LogP contribution is 2.47. The van der Waals surface area contributed by atoms with Crippen LogP contribution in [0.1, 0.15) is 56.2 Å². The number of rotatable bonds is 5. The molecule has 0 amide bonds. The molecule has 0 saturated heterocycles. The van der Waals surface area contributed by atoms with Crippen molar-refractivity contribution in [2.45, 2.75) is 45.4 Å². The number of ether oxygens (including phenoxy) is 1. The second-order valence-corrected chi connectivity index (χ2v) is 6.64. The Morgan fingerprint density at radius 1 is 1.11 bits per heavy atom. The largest absolute Gasteiger partial charge is 0.500 e. The average molecular weight is 370 g/mol. The van der Waals surface area contributed by atoms with Crippen molar-refractivity contribution < 1.29 is 18.3 Å². The first kappa shape index (κ1) is 19.1. The summed E-state index contributed by atoms with van der Waals surface area (Å²) in [6, 6.07) is 7.31. The molecule has 0 bridgehead atoms. The molecule has 0 unspecified atom stereocenters. The van der Waals surface area contributed by atoms with Crippen LogP contribution in [-0.2, 0) is 10.2 Å². The van der Waals surface area contributed by atoms with Crippen LogP contribution in [0.2, 0.25) is 0 Å². The van der Waals surface area contributed by atoms with Crippen LogP contribution in [0.25, 0.3) is 11.3 Å². The Labute approximate surface area is 157 Å². The van der Waals surface area contributed by atoms with Crippen LogP contribution in [0.15, 0.2) is 50.9 Å². The van der Waals surface area contributed by atoms with Crippen molar-refractivity contribution in [3.05, 3.63) is 69.0 Å². The summed E-state index contributed by atoms with van der Waals surface area (Å²) in [5.74, 6) is 0.0822. The van der Waals surface area contributed by atoms with Crippen molar-refractivity contribution in [2.24, 2.45) is 0 Å². The van der Waals surface area contributed by atoms with Crippen molar-refractivity contribution in [3.63, 3.8) is 0 Å². The summed E-state index contributed by atoms with van der Waals surface area (Å²) in [4.78, 5) is 25.9. The SMILES string of the molecule is CCC1=C(OC)C(CC)(CC)c2oc(-c3ccccc3F)cc(=O)c2C1=O. The Kier molecular flexibility index (Phi) is 5.05. The lowest BCUT2D eigenvalue weighted by atomic mass is 9.69. The van der Waals surface area contributed by atoms with E-state index in [1.165, 1.54) is 19.2 Å². The predicted molar refractivity (Wildman–Crippen MR) is 101 cm³/mol. The first-order chi connectivity index (χ1) is 12.9. The highest BCUT2D eigenvalue weighted by atomic mass is 19.1. The molecule has 0 fully saturated rings. The number of hydrogen-bond acceptors (Lipinski definition) is 4. The van der Waals surface area contributed by atoms with E-state index in [1.807, 2.05) is 20.8 Å². The lowest BCUT2D eigenvalue weighted by Crippen LogP contribution is -2.39. The van der Waals surface area contributed by atoms with Crippen molar-refractivity contribution in [2.75, 3.05) is 7.11 Å². The molecule has 5 heteroatoms. The molecule has 1 aliphatic rings. The van der Waals surface area contributed by atoms with Gasteiger partial charge in [-0.05, 0) is 31.4 Å². The van der Waals surface area contributed by atoms with Crippen LogP contribution in [0.3, 0.4) is 0 Å². The van der Waals surface area contributed by atoms with Gasteiger partial charge in [-0.1, -0.05) is 32.9 Å². The van der Waals surface area contributed by atoms with E-state index in [0.29, 0.717) is 30.6 Å². The van der Waals surface area contributed by atoms with E-state index in [2.05, 4.69) is 0 Å². The molecule has 1 aliphatic carbocycles. The second-order valence-electron chi connectivity index (χ2n) is 6.64. The van der Waals surface area contributed by atoms with Gasteiger partial charge in [0.25, 0.3) is 0 Å². The molecule has 0 spiro atoms. The molecule has 142 valence electrons. The van der Waals surface area contributed by atoms with Crippen LogP contribution in [0.4, 0.5) is 4.39 Å². The zero-order valence-electron chi connectivity index (χ0n) is 16.0. The van der Waals surface area contributed by atoms with Crippen LogP contribution < -0.4 is 5.43 Å². The highest BCUT2D eigenvalue weighted by Gasteiger charge is 2.47. The lowest BCUT2D eigenvalue weighted by Gasteiger charge is -2.37. The van der Waals surface area contributed by atoms with Gasteiger partial charge in [-0.2, -0.15) is 0 Å². The fraction of sp³-hybridized carbons (Fsp3) is 0.364. The summed E-state index contributed by atoms with van der Waals surface area (Å²) >= 11 is 0. The van der Waals surface area contributed by atoms with Crippen molar-refractivity contribution in [1.29, 1.82) is 0 Å². The smallest absolute Gasteiger partial charge is 0.199 e. The summed E-state index contributed by atoms with van der Waals surface area (Å²) in [6.45, 7) is 5.79. The zero-order chi connectivity index (χ0) is 19.8. The van der Waals surface area contributed by atoms with Crippen molar-refractivity contribution in [1.82, 2.24) is 0 Å². The van der Waals surface area contributed by atoms with E-state index in [9.17, 15) is 14.0 Å². The molecule has 0 aliphatic heterocycles. The Bertz CT molecular complexity index is 980. The van der Waals surface area contributed by atoms with Gasteiger partial charge in [-0.3, -0.25) is 9.59 Å². The van der Waals surface area contributed by atoms with Crippen LogP contribution in [0, 0.1) is 5.82 Å². The van der Waals surface area contributed by atoms with E-state index in [1.54, 1.807) is 18.2 Å². The second kappa shape index (κ2) is 7.14. The molecule has 1 heterocycles. The normalized spacial score (nSPS) is 15.7. The Morgan fingerprint density at radius 3 is 2.33 bits per heavy atom. The molecule has 0 N–H and O–H groups in total. The van der Waals surface area contributed by atoms with Crippen molar-refractivity contribution >= 4 is 5.78 Å². The number of carbonyl (C=O) groups is 1. The van der Waals surface area contributed by atoms with Gasteiger partial charge in [0, 0.05) is 11.6 Å². The molecule has 1 aromatic heterocycles. The minimum absolute atomic E-state index is 0.0384. The predicted octanol–water partition coefficient (Wildman–Crippen LogP) is 5.01. The standard InChI is InChI=1S/C22H23FO4/c1-5-13-19(25)18-16(24)12-17(14-10-8-9-11-15(14)23)27-21(18)22(6-2,7-3)20(13)26-4/h8-12H,5-7H2,1-4H3. The number of ketones is 1. The number of halogens is 1. The third-order valence-corrected chi connectivity index (χ3v) is 5.50. The lowest BCUT2D eigenvalue weighted by molar-refractivity contribution is 0.0975. The molecule has 0 radical (unpaired) electrons. The molecule has 0 atom stereocenters. The first-order valence-electron chi connectivity index (χ1n) is 9.20. The molecule has 1 aromatic carbocycles. The molecule has 4 nitrogen and oxygen atoms in total. The summed E-state index contributed by atoms with van der Waals surface area (Å²) in [7, 11) is 1.53. The van der Waals surface area contributed by atoms with Gasteiger partial charge in [-0.25, -0.2) is 4.39 Å². The number of carbonyl (C=O) groups excluding carboxylic acids is 1. The molecule has 27 heavy (non-hydrogen) atoms. The van der Waals surface area contributed by atoms with Crippen LogP contribution in [-0.4, -0.2) is 12.9 Å². The number of Topliss-reactive ketones (excluding diaryl/α,β-unsaturated/α-hetero) is 1. The molecule has 2 aromatic rings. The molecule has 3 rings (SSSR count). The Morgan fingerprint density at radius 2 is 1.78 bits per heavy atom. The summed E-state index contributed by atoms with van der Waals surface area (Å²) in [5.41, 5.74) is -0.456. The fourth-order valence-electron chi connectivity index (χ4n) is 4.02. The van der Waals surface area contributed by atoms with Gasteiger partial charge < -0.3 is 9.15 Å². The van der Waals surface area contributed by atoms with Gasteiger partial charge >= 0.3 is 0 Å². The van der Waals surface area contributed by atoms with Crippen LogP contribution >= 0.6 is 0 Å². The van der Waals surface area contributed by atoms with Gasteiger partial charge in [-0.15, -0.1) is 0 Å². The van der Waals surface area contributed by atoms with Gasteiger partial charge in [0.05, 0.1) is 18.1 Å². The summed E-state index contributed by atoms with van der Waals surface area (Å²) < 4.78 is 26.0. The number of fused-ring (bicyclic) bond motifs is 1. The van der Waals surface area contributed by atoms with E-state index < -0.39 is 16.7 Å². The highest BCUT2D eigenvalue weighted by molar-refractivity contribution is 6.11. The van der Waals surface area contributed by atoms with Gasteiger partial charge in [0.1, 0.15) is 28.7 Å². The quantitative estimate of drug-likeness (QED) is 0.742. The third kappa shape index (κ3) is 2.73. The maximum atomic E-state index is 14.3. The first-order valence-corrected chi connectivity index (χ1v) is 9.20. The fourth-order valence-corrected chi connectivity index (χ4v) is 4.02. The summed E-state index contributed by atoms with van der Waals surface area (Å²) in [5, 5.41) is 0. The summed E-state index contributed by atoms with van der Waals surface area (Å²) in [6.07, 6.45) is 1.62. The van der Waals surface area contributed by atoms with Crippen LogP contribution in [0.5, 0.6) is 0 Å². The number of methoxy groups -OCH3 is 1. The van der Waals surface area contributed by atoms with E-state index in [-0.39, 0.29) is 28.4 Å².